The van der Waals surface area contributed by atoms with Gasteiger partial charge in [0, 0.05) is 33.9 Å². The van der Waals surface area contributed by atoms with Crippen molar-refractivity contribution in [3.8, 4) is 5.75 Å². The van der Waals surface area contributed by atoms with Crippen molar-refractivity contribution in [2.45, 2.75) is 6.42 Å². The van der Waals surface area contributed by atoms with Crippen LogP contribution in [0.3, 0.4) is 0 Å². The molecule has 23 heavy (non-hydrogen) atoms. The van der Waals surface area contributed by atoms with Crippen molar-refractivity contribution in [1.82, 2.24) is 10.2 Å². The summed E-state index contributed by atoms with van der Waals surface area (Å²) in [6.07, 6.45) is 0.579. The molecule has 0 saturated heterocycles. The first-order valence-corrected chi connectivity index (χ1v) is 7.41. The van der Waals surface area contributed by atoms with E-state index in [-0.39, 0.29) is 5.75 Å². The minimum atomic E-state index is -0.643. The van der Waals surface area contributed by atoms with Gasteiger partial charge in [0.15, 0.2) is 0 Å². The van der Waals surface area contributed by atoms with E-state index in [0.717, 1.165) is 5.56 Å². The molecule has 2 amide bonds. The van der Waals surface area contributed by atoms with Crippen molar-refractivity contribution >= 4 is 11.8 Å². The zero-order valence-electron chi connectivity index (χ0n) is 13.6. The van der Waals surface area contributed by atoms with E-state index in [4.69, 9.17) is 9.47 Å². The zero-order valence-corrected chi connectivity index (χ0v) is 13.6. The molecule has 0 unspecified atom stereocenters. The molecule has 1 aromatic rings. The van der Waals surface area contributed by atoms with Crippen LogP contribution in [0.2, 0.25) is 0 Å². The molecule has 7 heteroatoms. The Kier molecular flexibility index (Phi) is 8.71. The van der Waals surface area contributed by atoms with Crippen LogP contribution in [0.25, 0.3) is 0 Å². The zero-order chi connectivity index (χ0) is 17.1. The normalized spacial score (nSPS) is 10.3. The van der Waals surface area contributed by atoms with Gasteiger partial charge in [-0.2, -0.15) is 0 Å². The summed E-state index contributed by atoms with van der Waals surface area (Å²) < 4.78 is 9.89. The second-order valence-corrected chi connectivity index (χ2v) is 4.95. The van der Waals surface area contributed by atoms with Crippen LogP contribution < -0.4 is 5.32 Å². The van der Waals surface area contributed by atoms with E-state index in [1.807, 2.05) is 0 Å². The second kappa shape index (κ2) is 10.6. The summed E-state index contributed by atoms with van der Waals surface area (Å²) in [7, 11) is 3.08. The van der Waals surface area contributed by atoms with Crippen LogP contribution in [0.1, 0.15) is 5.56 Å². The summed E-state index contributed by atoms with van der Waals surface area (Å²) in [6, 6.07) is 6.71. The van der Waals surface area contributed by atoms with Gasteiger partial charge in [0.1, 0.15) is 5.75 Å². The number of carbonyl (C=O) groups excluding carboxylic acids is 2. The van der Waals surface area contributed by atoms with E-state index in [0.29, 0.717) is 39.3 Å². The molecule has 1 aromatic carbocycles. The molecule has 1 rings (SSSR count). The molecular formula is C16H24N2O5. The van der Waals surface area contributed by atoms with Crippen LogP contribution in [0.15, 0.2) is 24.3 Å². The number of nitrogens with zero attached hydrogens (tertiary/aromatic N) is 1. The quantitative estimate of drug-likeness (QED) is 0.632. The van der Waals surface area contributed by atoms with Gasteiger partial charge in [-0.1, -0.05) is 12.1 Å². The Balaban J connectivity index is 2.43. The lowest BCUT2D eigenvalue weighted by Crippen LogP contribution is -2.46. The number of hydrogen-bond acceptors (Lipinski definition) is 5. The van der Waals surface area contributed by atoms with Crippen LogP contribution >= 0.6 is 0 Å². The van der Waals surface area contributed by atoms with Crippen molar-refractivity contribution in [1.29, 1.82) is 0 Å². The van der Waals surface area contributed by atoms with Gasteiger partial charge in [0.05, 0.1) is 13.2 Å². The van der Waals surface area contributed by atoms with Gasteiger partial charge < -0.3 is 24.8 Å². The molecule has 0 heterocycles. The van der Waals surface area contributed by atoms with E-state index < -0.39 is 11.8 Å². The van der Waals surface area contributed by atoms with Gasteiger partial charge in [-0.3, -0.25) is 9.59 Å². The summed E-state index contributed by atoms with van der Waals surface area (Å²) in [5.74, 6) is -1.04. The maximum Gasteiger partial charge on any atom is 0.312 e. The molecular weight excluding hydrogens is 300 g/mol. The average molecular weight is 324 g/mol. The van der Waals surface area contributed by atoms with Crippen molar-refractivity contribution in [3.63, 3.8) is 0 Å². The van der Waals surface area contributed by atoms with Gasteiger partial charge in [0.25, 0.3) is 0 Å². The molecule has 2 N–H and O–H groups in total. The van der Waals surface area contributed by atoms with Crippen LogP contribution in [0, 0.1) is 0 Å². The Labute approximate surface area is 136 Å². The number of ether oxygens (including phenoxy) is 2. The minimum Gasteiger partial charge on any atom is -0.508 e. The maximum atomic E-state index is 12.1. The fourth-order valence-corrected chi connectivity index (χ4v) is 1.92. The predicted octanol–water partition coefficient (Wildman–Crippen LogP) is 0.172. The average Bonchev–Trinajstić information content (AvgIpc) is 2.56. The summed E-state index contributed by atoms with van der Waals surface area (Å²) in [6.45, 7) is 1.73. The number of hydrogen-bond donors (Lipinski definition) is 2. The molecule has 7 nitrogen and oxygen atoms in total. The van der Waals surface area contributed by atoms with Gasteiger partial charge in [-0.25, -0.2) is 0 Å². The minimum absolute atomic E-state index is 0.194. The molecule has 0 aromatic heterocycles. The van der Waals surface area contributed by atoms with Crippen LogP contribution in [-0.4, -0.2) is 68.9 Å². The number of phenolic OH excluding ortho intramolecular Hbond substituents is 1. The van der Waals surface area contributed by atoms with Crippen molar-refractivity contribution in [3.05, 3.63) is 29.8 Å². The van der Waals surface area contributed by atoms with E-state index in [1.165, 1.54) is 19.1 Å². The highest BCUT2D eigenvalue weighted by Crippen LogP contribution is 2.09. The van der Waals surface area contributed by atoms with E-state index in [2.05, 4.69) is 5.32 Å². The third-order valence-corrected chi connectivity index (χ3v) is 3.25. The van der Waals surface area contributed by atoms with Crippen LogP contribution in [0.4, 0.5) is 0 Å². The van der Waals surface area contributed by atoms with E-state index >= 15 is 0 Å². The first-order valence-electron chi connectivity index (χ1n) is 7.41. The predicted molar refractivity (Wildman–Crippen MR) is 85.2 cm³/mol. The third-order valence-electron chi connectivity index (χ3n) is 3.25. The number of phenols is 1. The molecule has 0 aliphatic heterocycles. The Bertz CT molecular complexity index is 482. The number of aromatic hydroxyl groups is 1. The van der Waals surface area contributed by atoms with Crippen LogP contribution in [0.5, 0.6) is 5.75 Å². The maximum absolute atomic E-state index is 12.1. The van der Waals surface area contributed by atoms with Gasteiger partial charge >= 0.3 is 11.8 Å². The highest BCUT2D eigenvalue weighted by Gasteiger charge is 2.20. The largest absolute Gasteiger partial charge is 0.508 e. The number of methoxy groups -OCH3 is 2. The molecule has 0 spiro atoms. The lowest BCUT2D eigenvalue weighted by Gasteiger charge is -2.21. The molecule has 0 aliphatic rings. The molecule has 0 fully saturated rings. The SMILES string of the molecule is COCCN(CCOC)C(=O)C(=O)NCCc1ccc(O)cc1. The Morgan fingerprint density at radius 3 is 2.17 bits per heavy atom. The van der Waals surface area contributed by atoms with E-state index in [9.17, 15) is 14.7 Å². The molecule has 0 atom stereocenters. The summed E-state index contributed by atoms with van der Waals surface area (Å²) >= 11 is 0. The monoisotopic (exact) mass is 324 g/mol. The molecule has 0 aliphatic carbocycles. The Morgan fingerprint density at radius 2 is 1.65 bits per heavy atom. The lowest BCUT2D eigenvalue weighted by atomic mass is 10.1. The fourth-order valence-electron chi connectivity index (χ4n) is 1.92. The highest BCUT2D eigenvalue weighted by atomic mass is 16.5. The summed E-state index contributed by atoms with van der Waals surface area (Å²) in [5.41, 5.74) is 0.964. The molecule has 128 valence electrons. The van der Waals surface area contributed by atoms with Crippen molar-refractivity contribution in [2.24, 2.45) is 0 Å². The van der Waals surface area contributed by atoms with Gasteiger partial charge in [-0.15, -0.1) is 0 Å². The van der Waals surface area contributed by atoms with Gasteiger partial charge in [-0.05, 0) is 24.1 Å². The Hall–Kier alpha value is -2.12. The fraction of sp³-hybridized carbons (Fsp3) is 0.500. The standard InChI is InChI=1S/C16H24N2O5/c1-22-11-9-18(10-12-23-2)16(21)15(20)17-8-7-13-3-5-14(19)6-4-13/h3-6,19H,7-12H2,1-2H3,(H,17,20). The van der Waals surface area contributed by atoms with Gasteiger partial charge in [0.2, 0.25) is 0 Å². The number of nitrogens with one attached hydrogen (secondary N) is 1. The topological polar surface area (TPSA) is 88.1 Å². The smallest absolute Gasteiger partial charge is 0.312 e. The first-order chi connectivity index (χ1) is 11.1. The van der Waals surface area contributed by atoms with E-state index in [1.54, 1.807) is 24.3 Å². The number of carbonyl (C=O) groups is 2. The van der Waals surface area contributed by atoms with Crippen LogP contribution in [-0.2, 0) is 25.5 Å². The second-order valence-electron chi connectivity index (χ2n) is 4.95. The highest BCUT2D eigenvalue weighted by molar-refractivity contribution is 6.35. The first kappa shape index (κ1) is 18.9. The number of rotatable bonds is 9. The third kappa shape index (κ3) is 7.12. The molecule has 0 saturated carbocycles. The summed E-state index contributed by atoms with van der Waals surface area (Å²) in [4.78, 5) is 25.4. The van der Waals surface area contributed by atoms with Crippen molar-refractivity contribution in [2.75, 3.05) is 47.1 Å². The number of amides is 2. The molecule has 0 bridgehead atoms. The van der Waals surface area contributed by atoms with Crippen molar-refractivity contribution < 1.29 is 24.2 Å². The lowest BCUT2D eigenvalue weighted by molar-refractivity contribution is -0.146. The Morgan fingerprint density at radius 1 is 1.09 bits per heavy atom. The molecule has 0 radical (unpaired) electrons. The number of benzene rings is 1. The summed E-state index contributed by atoms with van der Waals surface area (Å²) in [5, 5.41) is 11.8.